The van der Waals surface area contributed by atoms with Gasteiger partial charge in [0, 0.05) is 6.54 Å². The molecule has 0 bridgehead atoms. The Labute approximate surface area is 121 Å². The van der Waals surface area contributed by atoms with Crippen LogP contribution in [0.25, 0.3) is 11.0 Å². The van der Waals surface area contributed by atoms with Crippen molar-refractivity contribution in [3.05, 3.63) is 26.9 Å². The van der Waals surface area contributed by atoms with Crippen molar-refractivity contribution >= 4 is 46.5 Å². The first-order valence-corrected chi connectivity index (χ1v) is 7.39. The van der Waals surface area contributed by atoms with E-state index in [9.17, 15) is 0 Å². The van der Waals surface area contributed by atoms with Crippen LogP contribution in [0.15, 0.2) is 12.1 Å². The van der Waals surface area contributed by atoms with Gasteiger partial charge in [0.15, 0.2) is 4.77 Å². The number of rotatable bonds is 2. The minimum Gasteiger partial charge on any atom is -0.331 e. The molecule has 5 heteroatoms. The average Bonchev–Trinajstić information content (AvgIpc) is 2.92. The molecule has 0 amide bonds. The second-order valence-electron chi connectivity index (χ2n) is 4.97. The molecule has 1 aromatic heterocycles. The van der Waals surface area contributed by atoms with Gasteiger partial charge in [-0.15, -0.1) is 0 Å². The monoisotopic (exact) mass is 300 g/mol. The summed E-state index contributed by atoms with van der Waals surface area (Å²) in [6.45, 7) is 0.983. The summed E-state index contributed by atoms with van der Waals surface area (Å²) in [6, 6.07) is 3.75. The van der Waals surface area contributed by atoms with Gasteiger partial charge in [0.1, 0.15) is 0 Å². The summed E-state index contributed by atoms with van der Waals surface area (Å²) in [4.78, 5) is 3.20. The summed E-state index contributed by atoms with van der Waals surface area (Å²) in [7, 11) is 0. The summed E-state index contributed by atoms with van der Waals surface area (Å²) in [5, 5.41) is 1.15. The minimum atomic E-state index is 0.563. The maximum Gasteiger partial charge on any atom is 0.178 e. The van der Waals surface area contributed by atoms with E-state index >= 15 is 0 Å². The minimum absolute atomic E-state index is 0.563. The molecule has 0 radical (unpaired) electrons. The van der Waals surface area contributed by atoms with E-state index in [0.717, 1.165) is 28.3 Å². The fourth-order valence-corrected chi connectivity index (χ4v) is 3.39. The Balaban J connectivity index is 2.07. The normalized spacial score (nSPS) is 16.8. The van der Waals surface area contributed by atoms with Crippen LogP contribution in [-0.4, -0.2) is 9.55 Å². The number of hydrogen-bond donors (Lipinski definition) is 1. The van der Waals surface area contributed by atoms with E-state index in [2.05, 4.69) is 9.55 Å². The van der Waals surface area contributed by atoms with Crippen LogP contribution < -0.4 is 0 Å². The van der Waals surface area contributed by atoms with Gasteiger partial charge in [0.2, 0.25) is 0 Å². The molecular formula is C13H14Cl2N2S. The molecule has 0 atom stereocenters. The highest BCUT2D eigenvalue weighted by Gasteiger charge is 2.17. The number of aromatic nitrogens is 2. The van der Waals surface area contributed by atoms with Gasteiger partial charge in [-0.2, -0.15) is 0 Å². The number of nitrogens with one attached hydrogen (secondary N) is 1. The van der Waals surface area contributed by atoms with Crippen LogP contribution in [0.3, 0.4) is 0 Å². The Bertz CT molecular complexity index is 638. The van der Waals surface area contributed by atoms with Crippen molar-refractivity contribution in [1.29, 1.82) is 0 Å². The van der Waals surface area contributed by atoms with Crippen molar-refractivity contribution in [2.45, 2.75) is 32.2 Å². The Morgan fingerprint density at radius 2 is 1.89 bits per heavy atom. The molecule has 1 aliphatic rings. The first-order valence-electron chi connectivity index (χ1n) is 6.22. The van der Waals surface area contributed by atoms with Gasteiger partial charge in [0.25, 0.3) is 0 Å². The van der Waals surface area contributed by atoms with E-state index in [4.69, 9.17) is 35.4 Å². The third-order valence-electron chi connectivity index (χ3n) is 3.73. The molecule has 2 nitrogen and oxygen atoms in total. The number of H-pyrrole nitrogens is 1. The molecule has 0 unspecified atom stereocenters. The van der Waals surface area contributed by atoms with Crippen LogP contribution in [0.5, 0.6) is 0 Å². The zero-order valence-corrected chi connectivity index (χ0v) is 12.2. The van der Waals surface area contributed by atoms with E-state index in [1.165, 1.54) is 25.7 Å². The number of hydrogen-bond acceptors (Lipinski definition) is 1. The zero-order valence-electron chi connectivity index (χ0n) is 9.88. The fourth-order valence-electron chi connectivity index (χ4n) is 2.78. The Hall–Kier alpha value is -0.510. The molecule has 1 saturated carbocycles. The first kappa shape index (κ1) is 12.5. The predicted molar refractivity (Wildman–Crippen MR) is 79.1 cm³/mol. The van der Waals surface area contributed by atoms with Gasteiger partial charge < -0.3 is 9.55 Å². The number of aromatic amines is 1. The van der Waals surface area contributed by atoms with Crippen molar-refractivity contribution in [2.75, 3.05) is 0 Å². The van der Waals surface area contributed by atoms with E-state index in [1.807, 2.05) is 12.1 Å². The number of fused-ring (bicyclic) bond motifs is 1. The van der Waals surface area contributed by atoms with Gasteiger partial charge >= 0.3 is 0 Å². The molecule has 1 aromatic carbocycles. The molecule has 1 heterocycles. The lowest BCUT2D eigenvalue weighted by Gasteiger charge is -2.11. The molecule has 18 heavy (non-hydrogen) atoms. The van der Waals surface area contributed by atoms with Crippen LogP contribution in [0, 0.1) is 10.7 Å². The van der Waals surface area contributed by atoms with Crippen LogP contribution >= 0.6 is 35.4 Å². The molecule has 96 valence electrons. The van der Waals surface area contributed by atoms with Gasteiger partial charge in [-0.1, -0.05) is 36.0 Å². The largest absolute Gasteiger partial charge is 0.331 e. The smallest absolute Gasteiger partial charge is 0.178 e. The number of nitrogens with zero attached hydrogens (tertiary/aromatic N) is 1. The molecule has 1 fully saturated rings. The maximum atomic E-state index is 6.09. The quantitative estimate of drug-likeness (QED) is 0.756. The topological polar surface area (TPSA) is 20.7 Å². The molecule has 1 N–H and O–H groups in total. The van der Waals surface area contributed by atoms with Crippen LogP contribution in [0.2, 0.25) is 10.0 Å². The molecule has 1 aliphatic carbocycles. The van der Waals surface area contributed by atoms with Crippen molar-refractivity contribution < 1.29 is 0 Å². The summed E-state index contributed by atoms with van der Waals surface area (Å²) in [6.07, 6.45) is 5.28. The number of benzene rings is 1. The Morgan fingerprint density at radius 1 is 1.22 bits per heavy atom. The highest BCUT2D eigenvalue weighted by molar-refractivity contribution is 7.71. The summed E-state index contributed by atoms with van der Waals surface area (Å²) >= 11 is 17.5. The van der Waals surface area contributed by atoms with Gasteiger partial charge in [-0.25, -0.2) is 0 Å². The van der Waals surface area contributed by atoms with Crippen molar-refractivity contribution in [2.24, 2.45) is 5.92 Å². The first-order chi connectivity index (χ1) is 8.65. The van der Waals surface area contributed by atoms with Crippen molar-refractivity contribution in [1.82, 2.24) is 9.55 Å². The second-order valence-corrected chi connectivity index (χ2v) is 6.18. The van der Waals surface area contributed by atoms with Crippen LogP contribution in [0.1, 0.15) is 25.7 Å². The Kier molecular flexibility index (Phi) is 3.39. The summed E-state index contributed by atoms with van der Waals surface area (Å²) in [5.41, 5.74) is 2.02. The average molecular weight is 301 g/mol. The second kappa shape index (κ2) is 4.87. The van der Waals surface area contributed by atoms with Gasteiger partial charge in [-0.3, -0.25) is 0 Å². The lowest BCUT2D eigenvalue weighted by molar-refractivity contribution is 0.461. The Morgan fingerprint density at radius 3 is 2.61 bits per heavy atom. The van der Waals surface area contributed by atoms with E-state index in [0.29, 0.717) is 10.0 Å². The predicted octanol–water partition coefficient (Wildman–Crippen LogP) is 5.20. The van der Waals surface area contributed by atoms with Gasteiger partial charge in [-0.05, 0) is 43.1 Å². The van der Waals surface area contributed by atoms with Gasteiger partial charge in [0.05, 0.1) is 21.1 Å². The van der Waals surface area contributed by atoms with Crippen molar-refractivity contribution in [3.63, 3.8) is 0 Å². The molecule has 3 rings (SSSR count). The van der Waals surface area contributed by atoms with Crippen LogP contribution in [0.4, 0.5) is 0 Å². The maximum absolute atomic E-state index is 6.09. The SMILES string of the molecule is S=c1[nH]c2cc(Cl)c(Cl)cc2n1CC1CCCC1. The standard InChI is InChI=1S/C13H14Cl2N2S/c14-9-5-11-12(6-10(9)15)17(13(18)16-11)7-8-3-1-2-4-8/h5-6,8H,1-4,7H2,(H,16,18). The zero-order chi connectivity index (χ0) is 12.7. The highest BCUT2D eigenvalue weighted by atomic mass is 35.5. The number of imidazole rings is 1. The summed E-state index contributed by atoms with van der Waals surface area (Å²) in [5.74, 6) is 0.741. The molecule has 0 aliphatic heterocycles. The lowest BCUT2D eigenvalue weighted by Crippen LogP contribution is -2.07. The summed E-state index contributed by atoms with van der Waals surface area (Å²) < 4.78 is 2.92. The fraction of sp³-hybridized carbons (Fsp3) is 0.462. The van der Waals surface area contributed by atoms with E-state index < -0.39 is 0 Å². The lowest BCUT2D eigenvalue weighted by atomic mass is 10.1. The molecule has 2 aromatic rings. The van der Waals surface area contributed by atoms with E-state index in [1.54, 1.807) is 0 Å². The molecular weight excluding hydrogens is 287 g/mol. The molecule has 0 spiro atoms. The third kappa shape index (κ3) is 2.20. The molecule has 0 saturated heterocycles. The van der Waals surface area contributed by atoms with Crippen molar-refractivity contribution in [3.8, 4) is 0 Å². The number of halogens is 2. The highest BCUT2D eigenvalue weighted by Crippen LogP contribution is 2.30. The third-order valence-corrected chi connectivity index (χ3v) is 4.78. The van der Waals surface area contributed by atoms with E-state index in [-0.39, 0.29) is 0 Å². The van der Waals surface area contributed by atoms with Crippen LogP contribution in [-0.2, 0) is 6.54 Å².